The average molecular weight is 541 g/mol. The van der Waals surface area contributed by atoms with Crippen molar-refractivity contribution in [1.82, 2.24) is 10.2 Å². The monoisotopic (exact) mass is 540 g/mol. The van der Waals surface area contributed by atoms with E-state index in [0.29, 0.717) is 34.7 Å². The number of benzene rings is 3. The molecule has 4 rings (SSSR count). The van der Waals surface area contributed by atoms with Crippen LogP contribution in [0.5, 0.6) is 23.0 Å². The molecule has 0 atom stereocenters. The van der Waals surface area contributed by atoms with Crippen molar-refractivity contribution in [3.8, 4) is 23.0 Å². The third-order valence-electron chi connectivity index (χ3n) is 6.31. The number of likely N-dealkylation sites (tertiary alicyclic amines) is 1. The van der Waals surface area contributed by atoms with Crippen molar-refractivity contribution in [3.05, 3.63) is 82.4 Å². The van der Waals surface area contributed by atoms with E-state index in [1.165, 1.54) is 12.8 Å². The molecule has 0 unspecified atom stereocenters. The molecule has 1 fully saturated rings. The van der Waals surface area contributed by atoms with Crippen molar-refractivity contribution in [3.63, 3.8) is 0 Å². The zero-order valence-corrected chi connectivity index (χ0v) is 22.9. The summed E-state index contributed by atoms with van der Waals surface area (Å²) >= 11 is 12.6. The second-order valence-corrected chi connectivity index (χ2v) is 9.62. The van der Waals surface area contributed by atoms with Gasteiger partial charge in [-0.2, -0.15) is 0 Å². The van der Waals surface area contributed by atoms with Gasteiger partial charge in [-0.05, 0) is 73.5 Å². The summed E-state index contributed by atoms with van der Waals surface area (Å²) in [5.74, 6) is 2.60. The largest absolute Gasteiger partial charge is 0.497 e. The Labute approximate surface area is 229 Å². The first kappa shape index (κ1) is 27.0. The van der Waals surface area contributed by atoms with Crippen LogP contribution in [0, 0.1) is 0 Å². The van der Waals surface area contributed by atoms with E-state index in [9.17, 15) is 0 Å². The molecule has 3 aromatic carbocycles. The van der Waals surface area contributed by atoms with Gasteiger partial charge in [-0.1, -0.05) is 48.1 Å². The molecule has 0 saturated carbocycles. The molecule has 0 radical (unpaired) electrons. The van der Waals surface area contributed by atoms with E-state index in [1.807, 2.05) is 60.7 Å². The molecule has 196 valence electrons. The van der Waals surface area contributed by atoms with Gasteiger partial charge in [-0.3, -0.25) is 0 Å². The van der Waals surface area contributed by atoms with Crippen molar-refractivity contribution in [1.29, 1.82) is 0 Å². The first-order valence-corrected chi connectivity index (χ1v) is 13.2. The van der Waals surface area contributed by atoms with Crippen LogP contribution in [-0.4, -0.2) is 50.3 Å². The molecule has 1 heterocycles. The van der Waals surface area contributed by atoms with E-state index >= 15 is 0 Å². The summed E-state index contributed by atoms with van der Waals surface area (Å²) in [5, 5.41) is 3.78. The standard InChI is InChI=1S/C29H33ClN2O4S/c1-33-23-9-5-21(6-10-23)19-35-26-14-13-25(29(37)31-15-18-32-16-3-4-17-32)27(30)28(26)36-20-22-7-11-24(34-2)12-8-22/h5-14H,3-4,15-20H2,1-2H3,(H,31,37). The zero-order valence-electron chi connectivity index (χ0n) is 21.3. The van der Waals surface area contributed by atoms with Crippen molar-refractivity contribution < 1.29 is 18.9 Å². The van der Waals surface area contributed by atoms with Gasteiger partial charge < -0.3 is 29.2 Å². The lowest BCUT2D eigenvalue weighted by Crippen LogP contribution is -2.33. The highest BCUT2D eigenvalue weighted by molar-refractivity contribution is 7.80. The Morgan fingerprint density at radius 3 is 1.97 bits per heavy atom. The Kier molecular flexibility index (Phi) is 9.88. The summed E-state index contributed by atoms with van der Waals surface area (Å²) in [6.07, 6.45) is 2.53. The van der Waals surface area contributed by atoms with E-state index in [0.717, 1.165) is 54.4 Å². The van der Waals surface area contributed by atoms with Gasteiger partial charge in [-0.15, -0.1) is 0 Å². The molecular formula is C29H33ClN2O4S. The lowest BCUT2D eigenvalue weighted by atomic mass is 10.1. The molecular weight excluding hydrogens is 508 g/mol. The van der Waals surface area contributed by atoms with Gasteiger partial charge in [0, 0.05) is 18.7 Å². The minimum atomic E-state index is 0.321. The zero-order chi connectivity index (χ0) is 26.0. The number of hydrogen-bond acceptors (Lipinski definition) is 6. The van der Waals surface area contributed by atoms with Gasteiger partial charge in [0.1, 0.15) is 29.7 Å². The summed E-state index contributed by atoms with van der Waals surface area (Å²) in [6.45, 7) is 4.71. The molecule has 37 heavy (non-hydrogen) atoms. The predicted octanol–water partition coefficient (Wildman–Crippen LogP) is 5.88. The maximum absolute atomic E-state index is 6.87. The van der Waals surface area contributed by atoms with Crippen LogP contribution in [0.4, 0.5) is 0 Å². The summed E-state index contributed by atoms with van der Waals surface area (Å²) in [5.41, 5.74) is 2.70. The number of nitrogens with zero attached hydrogens (tertiary/aromatic N) is 1. The highest BCUT2D eigenvalue weighted by Crippen LogP contribution is 2.39. The van der Waals surface area contributed by atoms with Crippen molar-refractivity contribution in [2.45, 2.75) is 26.1 Å². The highest BCUT2D eigenvalue weighted by atomic mass is 35.5. The van der Waals surface area contributed by atoms with Crippen LogP contribution >= 0.6 is 23.8 Å². The number of rotatable bonds is 12. The quantitative estimate of drug-likeness (QED) is 0.288. The van der Waals surface area contributed by atoms with E-state index in [4.69, 9.17) is 42.8 Å². The first-order chi connectivity index (χ1) is 18.1. The Bertz CT molecular complexity index is 1170. The molecule has 0 amide bonds. The first-order valence-electron chi connectivity index (χ1n) is 12.4. The topological polar surface area (TPSA) is 52.2 Å². The fourth-order valence-corrected chi connectivity index (χ4v) is 4.78. The third-order valence-corrected chi connectivity index (χ3v) is 7.05. The number of halogens is 1. The number of ether oxygens (including phenoxy) is 4. The van der Waals surface area contributed by atoms with E-state index in [1.54, 1.807) is 14.2 Å². The van der Waals surface area contributed by atoms with Gasteiger partial charge in [-0.25, -0.2) is 0 Å². The Hall–Kier alpha value is -3.00. The number of nitrogens with one attached hydrogen (secondary N) is 1. The number of hydrogen-bond donors (Lipinski definition) is 1. The van der Waals surface area contributed by atoms with Crippen LogP contribution < -0.4 is 24.3 Å². The van der Waals surface area contributed by atoms with Crippen molar-refractivity contribution in [2.24, 2.45) is 0 Å². The molecule has 0 aliphatic carbocycles. The fraction of sp³-hybridized carbons (Fsp3) is 0.345. The van der Waals surface area contributed by atoms with Crippen LogP contribution in [0.1, 0.15) is 29.5 Å². The van der Waals surface area contributed by atoms with Crippen molar-refractivity contribution >= 4 is 28.8 Å². The average Bonchev–Trinajstić information content (AvgIpc) is 3.45. The molecule has 6 nitrogen and oxygen atoms in total. The highest BCUT2D eigenvalue weighted by Gasteiger charge is 2.18. The van der Waals surface area contributed by atoms with Crippen LogP contribution in [0.15, 0.2) is 60.7 Å². The lowest BCUT2D eigenvalue weighted by Gasteiger charge is -2.19. The third kappa shape index (κ3) is 7.51. The molecule has 3 aromatic rings. The van der Waals surface area contributed by atoms with Gasteiger partial charge >= 0.3 is 0 Å². The second-order valence-electron chi connectivity index (χ2n) is 8.83. The Morgan fingerprint density at radius 2 is 1.41 bits per heavy atom. The number of methoxy groups -OCH3 is 2. The normalized spacial score (nSPS) is 13.3. The second kappa shape index (κ2) is 13.5. The molecule has 8 heteroatoms. The van der Waals surface area contributed by atoms with Gasteiger partial charge in [0.05, 0.1) is 19.2 Å². The van der Waals surface area contributed by atoms with E-state index < -0.39 is 0 Å². The SMILES string of the molecule is COc1ccc(COc2ccc(C(=S)NCCN3CCCC3)c(Cl)c2OCc2ccc(OC)cc2)cc1. The van der Waals surface area contributed by atoms with Crippen molar-refractivity contribution in [2.75, 3.05) is 40.4 Å². The minimum absolute atomic E-state index is 0.321. The Morgan fingerprint density at radius 1 is 0.838 bits per heavy atom. The van der Waals surface area contributed by atoms with Crippen LogP contribution in [0.25, 0.3) is 0 Å². The fourth-order valence-electron chi connectivity index (χ4n) is 4.15. The maximum atomic E-state index is 6.87. The smallest absolute Gasteiger partial charge is 0.180 e. The maximum Gasteiger partial charge on any atom is 0.180 e. The molecule has 1 N–H and O–H groups in total. The predicted molar refractivity (Wildman–Crippen MR) is 151 cm³/mol. The summed E-state index contributed by atoms with van der Waals surface area (Å²) < 4.78 is 22.9. The van der Waals surface area contributed by atoms with Gasteiger partial charge in [0.2, 0.25) is 0 Å². The summed E-state index contributed by atoms with van der Waals surface area (Å²) in [7, 11) is 3.29. The molecule has 0 aromatic heterocycles. The molecule has 1 aliphatic rings. The summed E-state index contributed by atoms with van der Waals surface area (Å²) in [4.78, 5) is 3.04. The van der Waals surface area contributed by atoms with E-state index in [2.05, 4.69) is 10.2 Å². The molecule has 1 aliphatic heterocycles. The Balaban J connectivity index is 1.49. The minimum Gasteiger partial charge on any atom is -0.497 e. The van der Waals surface area contributed by atoms with Crippen LogP contribution in [0.3, 0.4) is 0 Å². The van der Waals surface area contributed by atoms with Crippen LogP contribution in [0.2, 0.25) is 5.02 Å². The van der Waals surface area contributed by atoms with Gasteiger partial charge in [0.15, 0.2) is 11.5 Å². The molecule has 0 bridgehead atoms. The van der Waals surface area contributed by atoms with Crippen LogP contribution in [-0.2, 0) is 13.2 Å². The number of thiocarbonyl (C=S) groups is 1. The summed E-state index contributed by atoms with van der Waals surface area (Å²) in [6, 6.07) is 19.2. The van der Waals surface area contributed by atoms with Gasteiger partial charge in [0.25, 0.3) is 0 Å². The molecule has 1 saturated heterocycles. The lowest BCUT2D eigenvalue weighted by molar-refractivity contribution is 0.256. The molecule has 0 spiro atoms. The van der Waals surface area contributed by atoms with E-state index in [-0.39, 0.29) is 0 Å².